The van der Waals surface area contributed by atoms with Crippen molar-refractivity contribution in [2.75, 3.05) is 18.6 Å². The first-order chi connectivity index (χ1) is 14.7. The molecule has 1 amide bonds. The van der Waals surface area contributed by atoms with E-state index in [9.17, 15) is 4.79 Å². The number of amidine groups is 1. The van der Waals surface area contributed by atoms with Gasteiger partial charge < -0.3 is 14.5 Å². The summed E-state index contributed by atoms with van der Waals surface area (Å²) in [4.78, 5) is 12.2. The quantitative estimate of drug-likeness (QED) is 0.587. The first kappa shape index (κ1) is 20.2. The van der Waals surface area contributed by atoms with Gasteiger partial charge in [0.25, 0.3) is 5.22 Å². The molecule has 2 heterocycles. The molecule has 1 aromatic heterocycles. The minimum absolute atomic E-state index is 0.124. The first-order valence-corrected chi connectivity index (χ1v) is 10.9. The van der Waals surface area contributed by atoms with E-state index in [4.69, 9.17) is 9.15 Å². The number of carbonyl (C=O) groups is 1. The minimum Gasteiger partial charge on any atom is -0.497 e. The van der Waals surface area contributed by atoms with Gasteiger partial charge in [-0.2, -0.15) is 5.10 Å². The van der Waals surface area contributed by atoms with Gasteiger partial charge in [0.1, 0.15) is 5.75 Å². The van der Waals surface area contributed by atoms with Crippen LogP contribution in [0.1, 0.15) is 5.56 Å². The van der Waals surface area contributed by atoms with Crippen LogP contribution >= 0.6 is 23.5 Å². The van der Waals surface area contributed by atoms with E-state index in [0.717, 1.165) is 34.3 Å². The highest BCUT2D eigenvalue weighted by Crippen LogP contribution is 2.25. The molecule has 0 radical (unpaired) electrons. The Morgan fingerprint density at radius 2 is 1.90 bits per heavy atom. The minimum atomic E-state index is -0.214. The molecule has 0 spiro atoms. The second kappa shape index (κ2) is 9.59. The Morgan fingerprint density at radius 3 is 2.60 bits per heavy atom. The Balaban J connectivity index is 1.30. The third-order valence-electron chi connectivity index (χ3n) is 4.03. The van der Waals surface area contributed by atoms with Gasteiger partial charge in [0.15, 0.2) is 5.17 Å². The Kier molecular flexibility index (Phi) is 6.45. The molecule has 0 fully saturated rings. The Bertz CT molecular complexity index is 1080. The van der Waals surface area contributed by atoms with E-state index in [2.05, 4.69) is 25.7 Å². The van der Waals surface area contributed by atoms with Crippen LogP contribution in [0.4, 0.5) is 0 Å². The molecule has 30 heavy (non-hydrogen) atoms. The predicted molar refractivity (Wildman–Crippen MR) is 118 cm³/mol. The van der Waals surface area contributed by atoms with Crippen LogP contribution in [-0.2, 0) is 4.79 Å². The van der Waals surface area contributed by atoms with Gasteiger partial charge in [-0.25, -0.2) is 0 Å². The number of nitrogens with one attached hydrogen (secondary N) is 1. The third-order valence-corrected chi connectivity index (χ3v) is 5.72. The predicted octanol–water partition coefficient (Wildman–Crippen LogP) is 3.46. The van der Waals surface area contributed by atoms with Gasteiger partial charge in [0.2, 0.25) is 11.8 Å². The van der Waals surface area contributed by atoms with Crippen molar-refractivity contribution in [3.05, 3.63) is 60.2 Å². The van der Waals surface area contributed by atoms with Crippen molar-refractivity contribution in [3.63, 3.8) is 0 Å². The van der Waals surface area contributed by atoms with Crippen LogP contribution < -0.4 is 10.1 Å². The molecule has 0 bridgehead atoms. The van der Waals surface area contributed by atoms with Gasteiger partial charge in [-0.1, -0.05) is 53.9 Å². The number of methoxy groups -OCH3 is 1. The topological polar surface area (TPSA) is 102 Å². The lowest BCUT2D eigenvalue weighted by atomic mass is 10.1. The monoisotopic (exact) mass is 439 g/mol. The number of hydrogen-bond donors (Lipinski definition) is 1. The molecule has 3 aromatic rings. The Hall–Kier alpha value is -3.11. The second-order valence-corrected chi connectivity index (χ2v) is 7.94. The molecular formula is C20H17N5O3S2. The van der Waals surface area contributed by atoms with Crippen molar-refractivity contribution in [2.45, 2.75) is 5.22 Å². The summed E-state index contributed by atoms with van der Waals surface area (Å²) >= 11 is 2.60. The van der Waals surface area contributed by atoms with Gasteiger partial charge in [0, 0.05) is 11.3 Å². The number of rotatable bonds is 6. The lowest BCUT2D eigenvalue weighted by molar-refractivity contribution is -0.117. The number of aromatic nitrogens is 2. The molecule has 0 saturated carbocycles. The lowest BCUT2D eigenvalue weighted by Crippen LogP contribution is -2.31. The van der Waals surface area contributed by atoms with Crippen LogP contribution in [-0.4, -0.2) is 45.6 Å². The van der Waals surface area contributed by atoms with Crippen molar-refractivity contribution in [1.29, 1.82) is 0 Å². The van der Waals surface area contributed by atoms with Gasteiger partial charge >= 0.3 is 0 Å². The summed E-state index contributed by atoms with van der Waals surface area (Å²) in [6.07, 6.45) is 0. The number of ether oxygens (including phenoxy) is 1. The van der Waals surface area contributed by atoms with Crippen LogP contribution in [0.2, 0.25) is 0 Å². The number of nitrogens with zero attached hydrogens (tertiary/aromatic N) is 4. The molecule has 1 N–H and O–H groups in total. The summed E-state index contributed by atoms with van der Waals surface area (Å²) in [6.45, 7) is 0. The van der Waals surface area contributed by atoms with E-state index in [1.165, 1.54) is 11.8 Å². The first-order valence-electron chi connectivity index (χ1n) is 8.94. The van der Waals surface area contributed by atoms with E-state index in [1.54, 1.807) is 7.11 Å². The molecule has 4 rings (SSSR count). The van der Waals surface area contributed by atoms with Gasteiger partial charge in [-0.15, -0.1) is 15.3 Å². The summed E-state index contributed by atoms with van der Waals surface area (Å²) in [6, 6.07) is 17.1. The van der Waals surface area contributed by atoms with Crippen molar-refractivity contribution >= 4 is 40.3 Å². The van der Waals surface area contributed by atoms with E-state index >= 15 is 0 Å². The van der Waals surface area contributed by atoms with Crippen LogP contribution in [0, 0.1) is 0 Å². The summed E-state index contributed by atoms with van der Waals surface area (Å²) < 4.78 is 10.7. The highest BCUT2D eigenvalue weighted by atomic mass is 32.2. The molecule has 8 nitrogen and oxygen atoms in total. The summed E-state index contributed by atoms with van der Waals surface area (Å²) in [5.74, 6) is 1.68. The largest absolute Gasteiger partial charge is 0.497 e. The fourth-order valence-electron chi connectivity index (χ4n) is 2.53. The number of benzene rings is 2. The summed E-state index contributed by atoms with van der Waals surface area (Å²) in [5.41, 5.74) is 2.68. The summed E-state index contributed by atoms with van der Waals surface area (Å²) in [5, 5.41) is 19.9. The molecule has 0 unspecified atom stereocenters. The third kappa shape index (κ3) is 5.08. The van der Waals surface area contributed by atoms with Crippen molar-refractivity contribution in [2.24, 2.45) is 10.2 Å². The number of hydrogen-bond acceptors (Lipinski definition) is 9. The highest BCUT2D eigenvalue weighted by Gasteiger charge is 2.16. The van der Waals surface area contributed by atoms with Crippen LogP contribution in [0.15, 0.2) is 74.4 Å². The molecule has 152 valence electrons. The molecule has 2 aromatic carbocycles. The van der Waals surface area contributed by atoms with Crippen LogP contribution in [0.3, 0.4) is 0 Å². The molecule has 1 aliphatic rings. The average Bonchev–Trinajstić information content (AvgIpc) is 3.28. The van der Waals surface area contributed by atoms with E-state index in [0.29, 0.717) is 22.0 Å². The number of carbonyl (C=O) groups excluding carboxylic acids is 1. The van der Waals surface area contributed by atoms with E-state index in [1.807, 2.05) is 54.6 Å². The maximum atomic E-state index is 12.2. The van der Waals surface area contributed by atoms with Crippen molar-refractivity contribution in [1.82, 2.24) is 15.5 Å². The smallest absolute Gasteiger partial charge is 0.277 e. The zero-order valence-electron chi connectivity index (χ0n) is 15.9. The van der Waals surface area contributed by atoms with Gasteiger partial charge in [-0.05, 0) is 29.8 Å². The zero-order chi connectivity index (χ0) is 20.8. The highest BCUT2D eigenvalue weighted by molar-refractivity contribution is 8.14. The molecule has 0 atom stereocenters. The second-order valence-electron chi connectivity index (χ2n) is 6.05. The maximum absolute atomic E-state index is 12.2. The van der Waals surface area contributed by atoms with Crippen LogP contribution in [0.25, 0.3) is 11.5 Å². The Morgan fingerprint density at radius 1 is 1.10 bits per heavy atom. The van der Waals surface area contributed by atoms with Crippen molar-refractivity contribution < 1.29 is 13.9 Å². The Labute approximate surface area is 181 Å². The van der Waals surface area contributed by atoms with Gasteiger partial charge in [-0.3, -0.25) is 4.79 Å². The SMILES string of the molecule is COc1ccc(-c2nnc(SCC(=O)NC3=NN=C(c4ccccc4)CS3)o2)cc1. The number of amides is 1. The zero-order valence-corrected chi connectivity index (χ0v) is 17.6. The fourth-order valence-corrected chi connectivity index (χ4v) is 3.88. The summed E-state index contributed by atoms with van der Waals surface area (Å²) in [7, 11) is 1.60. The molecule has 0 aliphatic carbocycles. The molecule has 1 aliphatic heterocycles. The van der Waals surface area contributed by atoms with Gasteiger partial charge in [0.05, 0.1) is 18.6 Å². The lowest BCUT2D eigenvalue weighted by Gasteiger charge is -2.12. The van der Waals surface area contributed by atoms with E-state index in [-0.39, 0.29) is 11.7 Å². The molecular weight excluding hydrogens is 422 g/mol. The van der Waals surface area contributed by atoms with Crippen molar-refractivity contribution in [3.8, 4) is 17.2 Å². The number of thioether (sulfide) groups is 2. The standard InChI is InChI=1S/C20H17N5O3S2/c1-27-15-9-7-14(8-10-15)18-23-25-20(28-18)30-12-17(26)21-19-24-22-16(11-29-19)13-5-3-2-4-6-13/h2-10H,11-12H2,1H3,(H,21,24,26). The van der Waals surface area contributed by atoms with Crippen LogP contribution in [0.5, 0.6) is 5.75 Å². The molecule has 10 heteroatoms. The maximum Gasteiger partial charge on any atom is 0.277 e. The average molecular weight is 440 g/mol. The molecule has 0 saturated heterocycles. The van der Waals surface area contributed by atoms with E-state index < -0.39 is 0 Å². The normalized spacial score (nSPS) is 13.4. The fraction of sp³-hybridized carbons (Fsp3) is 0.150.